The van der Waals surface area contributed by atoms with Crippen molar-refractivity contribution in [3.8, 4) is 0 Å². The zero-order valence-electron chi connectivity index (χ0n) is 9.73. The Morgan fingerprint density at radius 1 is 1.21 bits per heavy atom. The van der Waals surface area contributed by atoms with Crippen molar-refractivity contribution in [2.45, 2.75) is 52.9 Å². The van der Waals surface area contributed by atoms with Crippen molar-refractivity contribution in [3.05, 3.63) is 0 Å². The first-order valence-corrected chi connectivity index (χ1v) is 5.78. The maximum absolute atomic E-state index is 11.6. The molecule has 1 N–H and O–H groups in total. The van der Waals surface area contributed by atoms with Crippen LogP contribution in [-0.2, 0) is 4.79 Å². The lowest BCUT2D eigenvalue weighted by molar-refractivity contribution is -0.128. The van der Waals surface area contributed by atoms with Gasteiger partial charge in [0.1, 0.15) is 0 Å². The van der Waals surface area contributed by atoms with E-state index in [4.69, 9.17) is 0 Å². The van der Waals surface area contributed by atoms with Gasteiger partial charge in [0.05, 0.1) is 0 Å². The second-order valence-electron chi connectivity index (χ2n) is 5.46. The molecule has 0 atom stereocenters. The van der Waals surface area contributed by atoms with Gasteiger partial charge in [0, 0.05) is 12.0 Å². The molecule has 82 valence electrons. The van der Waals surface area contributed by atoms with Gasteiger partial charge in [-0.05, 0) is 18.8 Å². The second-order valence-corrected chi connectivity index (χ2v) is 5.46. The van der Waals surface area contributed by atoms with E-state index >= 15 is 0 Å². The molecule has 1 rings (SSSR count). The third kappa shape index (κ3) is 3.69. The highest BCUT2D eigenvalue weighted by Gasteiger charge is 2.22. The zero-order valence-corrected chi connectivity index (χ0v) is 9.73. The summed E-state index contributed by atoms with van der Waals surface area (Å²) < 4.78 is 0. The number of nitrogens with one attached hydrogen (secondary N) is 1. The number of hydrogen-bond donors (Lipinski definition) is 1. The quantitative estimate of drug-likeness (QED) is 0.724. The molecule has 14 heavy (non-hydrogen) atoms. The van der Waals surface area contributed by atoms with Crippen LogP contribution >= 0.6 is 0 Å². The molecule has 0 bridgehead atoms. The van der Waals surface area contributed by atoms with Crippen molar-refractivity contribution in [2.75, 3.05) is 6.54 Å². The van der Waals surface area contributed by atoms with Gasteiger partial charge in [-0.3, -0.25) is 4.79 Å². The normalized spacial score (nSPS) is 19.4. The highest BCUT2D eigenvalue weighted by atomic mass is 16.2. The van der Waals surface area contributed by atoms with E-state index in [1.54, 1.807) is 0 Å². The van der Waals surface area contributed by atoms with Crippen LogP contribution in [0.2, 0.25) is 0 Å². The summed E-state index contributed by atoms with van der Waals surface area (Å²) in [4.78, 5) is 11.6. The topological polar surface area (TPSA) is 29.1 Å². The van der Waals surface area contributed by atoms with Gasteiger partial charge in [0.2, 0.25) is 5.91 Å². The predicted octanol–water partition coefficient (Wildman–Crippen LogP) is 2.73. The van der Waals surface area contributed by atoms with Crippen LogP contribution in [0.15, 0.2) is 0 Å². The number of rotatable bonds is 2. The fourth-order valence-electron chi connectivity index (χ4n) is 1.89. The molecule has 0 aromatic carbocycles. The molecule has 0 radical (unpaired) electrons. The van der Waals surface area contributed by atoms with Crippen LogP contribution in [0, 0.1) is 11.3 Å². The van der Waals surface area contributed by atoms with Gasteiger partial charge >= 0.3 is 0 Å². The summed E-state index contributed by atoms with van der Waals surface area (Å²) in [5.74, 6) is 0.915. The lowest BCUT2D eigenvalue weighted by Gasteiger charge is -2.24. The Kier molecular flexibility index (Phi) is 3.97. The SMILES string of the molecule is CC(C)(C)C(=O)NCC1CCCCC1. The average Bonchev–Trinajstić information content (AvgIpc) is 2.14. The fraction of sp³-hybridized carbons (Fsp3) is 0.917. The largest absolute Gasteiger partial charge is 0.355 e. The predicted molar refractivity (Wildman–Crippen MR) is 59.0 cm³/mol. The molecule has 2 heteroatoms. The number of amides is 1. The smallest absolute Gasteiger partial charge is 0.225 e. The summed E-state index contributed by atoms with van der Waals surface area (Å²) in [7, 11) is 0. The molecular formula is C12H23NO. The van der Waals surface area contributed by atoms with Crippen molar-refractivity contribution in [1.29, 1.82) is 0 Å². The van der Waals surface area contributed by atoms with E-state index in [1.165, 1.54) is 32.1 Å². The second kappa shape index (κ2) is 4.81. The molecule has 0 saturated heterocycles. The summed E-state index contributed by atoms with van der Waals surface area (Å²) in [6, 6.07) is 0. The molecule has 1 fully saturated rings. The molecule has 1 aliphatic carbocycles. The maximum Gasteiger partial charge on any atom is 0.225 e. The molecule has 1 amide bonds. The Balaban J connectivity index is 2.22. The van der Waals surface area contributed by atoms with Gasteiger partial charge in [0.25, 0.3) is 0 Å². The first-order chi connectivity index (χ1) is 6.50. The Labute approximate surface area is 87.5 Å². The lowest BCUT2D eigenvalue weighted by atomic mass is 9.88. The van der Waals surface area contributed by atoms with Gasteiger partial charge in [0.15, 0.2) is 0 Å². The molecule has 0 spiro atoms. The van der Waals surface area contributed by atoms with E-state index in [9.17, 15) is 4.79 Å². The van der Waals surface area contributed by atoms with E-state index in [2.05, 4.69) is 5.32 Å². The molecule has 0 unspecified atom stereocenters. The van der Waals surface area contributed by atoms with E-state index in [-0.39, 0.29) is 11.3 Å². The van der Waals surface area contributed by atoms with E-state index in [1.807, 2.05) is 20.8 Å². The van der Waals surface area contributed by atoms with Gasteiger partial charge in [-0.1, -0.05) is 40.0 Å². The van der Waals surface area contributed by atoms with Gasteiger partial charge in [-0.25, -0.2) is 0 Å². The Bertz CT molecular complexity index is 187. The van der Waals surface area contributed by atoms with Crippen LogP contribution in [0.1, 0.15) is 52.9 Å². The summed E-state index contributed by atoms with van der Waals surface area (Å²) >= 11 is 0. The highest BCUT2D eigenvalue weighted by molar-refractivity contribution is 5.81. The van der Waals surface area contributed by atoms with Gasteiger partial charge < -0.3 is 5.32 Å². The summed E-state index contributed by atoms with van der Waals surface area (Å²) in [5.41, 5.74) is -0.241. The lowest BCUT2D eigenvalue weighted by Crippen LogP contribution is -2.38. The summed E-state index contributed by atoms with van der Waals surface area (Å²) in [6.07, 6.45) is 6.66. The van der Waals surface area contributed by atoms with Crippen molar-refractivity contribution >= 4 is 5.91 Å². The minimum atomic E-state index is -0.241. The molecule has 0 aliphatic heterocycles. The minimum absolute atomic E-state index is 0.183. The molecular weight excluding hydrogens is 174 g/mol. The number of carbonyl (C=O) groups is 1. The standard InChI is InChI=1S/C12H23NO/c1-12(2,3)11(14)13-9-10-7-5-4-6-8-10/h10H,4-9H2,1-3H3,(H,13,14). The molecule has 2 nitrogen and oxygen atoms in total. The Morgan fingerprint density at radius 2 is 1.79 bits per heavy atom. The first kappa shape index (κ1) is 11.5. The highest BCUT2D eigenvalue weighted by Crippen LogP contribution is 2.23. The monoisotopic (exact) mass is 197 g/mol. The van der Waals surface area contributed by atoms with Gasteiger partial charge in [-0.15, -0.1) is 0 Å². The first-order valence-electron chi connectivity index (χ1n) is 5.78. The molecule has 1 saturated carbocycles. The van der Waals surface area contributed by atoms with Crippen LogP contribution in [0.25, 0.3) is 0 Å². The van der Waals surface area contributed by atoms with Crippen LogP contribution in [0.5, 0.6) is 0 Å². The fourth-order valence-corrected chi connectivity index (χ4v) is 1.89. The minimum Gasteiger partial charge on any atom is -0.355 e. The van der Waals surface area contributed by atoms with E-state index in [0.29, 0.717) is 0 Å². The molecule has 1 aliphatic rings. The van der Waals surface area contributed by atoms with E-state index in [0.717, 1.165) is 12.5 Å². The van der Waals surface area contributed by atoms with Crippen LogP contribution < -0.4 is 5.32 Å². The number of hydrogen-bond acceptors (Lipinski definition) is 1. The van der Waals surface area contributed by atoms with Crippen molar-refractivity contribution in [3.63, 3.8) is 0 Å². The van der Waals surface area contributed by atoms with Crippen LogP contribution in [0.4, 0.5) is 0 Å². The number of carbonyl (C=O) groups excluding carboxylic acids is 1. The van der Waals surface area contributed by atoms with Crippen LogP contribution in [0.3, 0.4) is 0 Å². The van der Waals surface area contributed by atoms with Crippen molar-refractivity contribution in [1.82, 2.24) is 5.32 Å². The molecule has 0 aromatic heterocycles. The molecule has 0 heterocycles. The molecule has 0 aromatic rings. The van der Waals surface area contributed by atoms with E-state index < -0.39 is 0 Å². The summed E-state index contributed by atoms with van der Waals surface area (Å²) in [6.45, 7) is 6.77. The Morgan fingerprint density at radius 3 is 2.29 bits per heavy atom. The summed E-state index contributed by atoms with van der Waals surface area (Å²) in [5, 5.41) is 3.05. The maximum atomic E-state index is 11.6. The third-order valence-corrected chi connectivity index (χ3v) is 2.96. The Hall–Kier alpha value is -0.530. The van der Waals surface area contributed by atoms with Crippen LogP contribution in [-0.4, -0.2) is 12.5 Å². The average molecular weight is 197 g/mol. The zero-order chi connectivity index (χ0) is 10.6. The van der Waals surface area contributed by atoms with Gasteiger partial charge in [-0.2, -0.15) is 0 Å². The van der Waals surface area contributed by atoms with Crippen molar-refractivity contribution < 1.29 is 4.79 Å². The van der Waals surface area contributed by atoms with Crippen molar-refractivity contribution in [2.24, 2.45) is 11.3 Å². The third-order valence-electron chi connectivity index (χ3n) is 2.96.